The number of Topliss-reactive ketones (excluding diaryl/α,β-unsaturated/α-hetero) is 1. The smallest absolute Gasteiger partial charge is 0.339 e. The third kappa shape index (κ3) is 3.85. The van der Waals surface area contributed by atoms with Gasteiger partial charge < -0.3 is 4.74 Å². The van der Waals surface area contributed by atoms with Crippen LogP contribution in [0.15, 0.2) is 78.9 Å². The Bertz CT molecular complexity index is 1230. The van der Waals surface area contributed by atoms with Gasteiger partial charge in [0, 0.05) is 16.5 Å². The minimum atomic E-state index is -0.524. The molecule has 0 amide bonds. The molecule has 0 bridgehead atoms. The minimum absolute atomic E-state index is 0.234. The van der Waals surface area contributed by atoms with Gasteiger partial charge in [0.25, 0.3) is 0 Å². The van der Waals surface area contributed by atoms with Gasteiger partial charge in [-0.3, -0.25) is 4.79 Å². The second-order valence-corrected chi connectivity index (χ2v) is 7.21. The van der Waals surface area contributed by atoms with Crippen LogP contribution in [0.3, 0.4) is 0 Å². The van der Waals surface area contributed by atoms with Gasteiger partial charge in [0.1, 0.15) is 0 Å². The number of hydrogen-bond donors (Lipinski definition) is 0. The van der Waals surface area contributed by atoms with Gasteiger partial charge in [-0.25, -0.2) is 9.78 Å². The van der Waals surface area contributed by atoms with E-state index in [1.807, 2.05) is 80.6 Å². The van der Waals surface area contributed by atoms with Crippen molar-refractivity contribution in [3.63, 3.8) is 0 Å². The Morgan fingerprint density at radius 1 is 0.833 bits per heavy atom. The second kappa shape index (κ2) is 8.29. The fourth-order valence-electron chi connectivity index (χ4n) is 3.47. The van der Waals surface area contributed by atoms with Crippen LogP contribution >= 0.6 is 0 Å². The van der Waals surface area contributed by atoms with Crippen molar-refractivity contribution < 1.29 is 14.3 Å². The van der Waals surface area contributed by atoms with Crippen molar-refractivity contribution >= 4 is 22.7 Å². The van der Waals surface area contributed by atoms with E-state index in [9.17, 15) is 9.59 Å². The molecule has 0 fully saturated rings. The Balaban J connectivity index is 1.68. The molecule has 1 heterocycles. The highest BCUT2D eigenvalue weighted by Crippen LogP contribution is 2.30. The number of hydrogen-bond acceptors (Lipinski definition) is 4. The van der Waals surface area contributed by atoms with Crippen LogP contribution in [0.1, 0.15) is 31.8 Å². The molecule has 3 aromatic carbocycles. The lowest BCUT2D eigenvalue weighted by Gasteiger charge is -2.14. The molecule has 0 unspecified atom stereocenters. The molecule has 30 heavy (non-hydrogen) atoms. The molecule has 0 aliphatic rings. The third-order valence-corrected chi connectivity index (χ3v) is 5.10. The highest BCUT2D eigenvalue weighted by molar-refractivity contribution is 6.07. The molecule has 0 saturated carbocycles. The maximum absolute atomic E-state index is 13.1. The number of ketones is 1. The summed E-state index contributed by atoms with van der Waals surface area (Å²) in [5.74, 6) is -0.758. The molecule has 0 aliphatic heterocycles. The summed E-state index contributed by atoms with van der Waals surface area (Å²) in [7, 11) is 0. The van der Waals surface area contributed by atoms with Crippen molar-refractivity contribution in [2.75, 3.05) is 6.61 Å². The second-order valence-electron chi connectivity index (χ2n) is 7.21. The SMILES string of the molecule is Cc1ccc(C(=O)COC(=O)c2c(C)c(-c3ccccc3)nc3ccccc23)cc1. The van der Waals surface area contributed by atoms with Crippen molar-refractivity contribution in [2.24, 2.45) is 0 Å². The predicted octanol–water partition coefficient (Wildman–Crippen LogP) is 5.56. The first-order chi connectivity index (χ1) is 14.5. The maximum atomic E-state index is 13.1. The number of ether oxygens (including phenoxy) is 1. The number of benzene rings is 3. The maximum Gasteiger partial charge on any atom is 0.339 e. The number of fused-ring (bicyclic) bond motifs is 1. The van der Waals surface area contributed by atoms with Crippen LogP contribution in [0.4, 0.5) is 0 Å². The zero-order chi connectivity index (χ0) is 21.1. The van der Waals surface area contributed by atoms with Gasteiger partial charge in [0.15, 0.2) is 12.4 Å². The molecule has 1 aromatic heterocycles. The molecule has 4 aromatic rings. The van der Waals surface area contributed by atoms with Crippen molar-refractivity contribution in [1.29, 1.82) is 0 Å². The Morgan fingerprint density at radius 2 is 1.50 bits per heavy atom. The van der Waals surface area contributed by atoms with E-state index in [1.54, 1.807) is 12.1 Å². The van der Waals surface area contributed by atoms with Crippen LogP contribution in [0.2, 0.25) is 0 Å². The summed E-state index contributed by atoms with van der Waals surface area (Å²) >= 11 is 0. The highest BCUT2D eigenvalue weighted by Gasteiger charge is 2.21. The van der Waals surface area contributed by atoms with Crippen LogP contribution in [0, 0.1) is 13.8 Å². The number of aromatic nitrogens is 1. The van der Waals surface area contributed by atoms with Crippen molar-refractivity contribution in [3.05, 3.63) is 101 Å². The standard InChI is InChI=1S/C26H21NO3/c1-17-12-14-19(15-13-17)23(28)16-30-26(29)24-18(2)25(20-8-4-3-5-9-20)27-22-11-7-6-10-21(22)24/h3-15H,16H2,1-2H3. The van der Waals surface area contributed by atoms with Crippen LogP contribution < -0.4 is 0 Å². The number of esters is 1. The molecule has 0 atom stereocenters. The Hall–Kier alpha value is -3.79. The van der Waals surface area contributed by atoms with E-state index >= 15 is 0 Å². The number of rotatable bonds is 5. The Labute approximate surface area is 175 Å². The van der Waals surface area contributed by atoms with E-state index in [0.717, 1.165) is 22.4 Å². The number of nitrogens with zero attached hydrogens (tertiary/aromatic N) is 1. The van der Waals surface area contributed by atoms with E-state index in [2.05, 4.69) is 0 Å². The van der Waals surface area contributed by atoms with Gasteiger partial charge >= 0.3 is 5.97 Å². The first-order valence-electron chi connectivity index (χ1n) is 9.76. The lowest BCUT2D eigenvalue weighted by atomic mass is 9.98. The average Bonchev–Trinajstić information content (AvgIpc) is 2.78. The van der Waals surface area contributed by atoms with Gasteiger partial charge in [0.05, 0.1) is 16.8 Å². The van der Waals surface area contributed by atoms with Gasteiger partial charge in [-0.15, -0.1) is 0 Å². The van der Waals surface area contributed by atoms with Gasteiger partial charge in [-0.05, 0) is 25.5 Å². The number of para-hydroxylation sites is 1. The highest BCUT2D eigenvalue weighted by atomic mass is 16.5. The summed E-state index contributed by atoms with van der Waals surface area (Å²) in [6.45, 7) is 3.51. The lowest BCUT2D eigenvalue weighted by molar-refractivity contribution is 0.0476. The molecule has 0 aliphatic carbocycles. The first-order valence-corrected chi connectivity index (χ1v) is 9.76. The van der Waals surface area contributed by atoms with Crippen LogP contribution in [-0.4, -0.2) is 23.3 Å². The molecule has 4 heteroatoms. The van der Waals surface area contributed by atoms with Crippen molar-refractivity contribution in [2.45, 2.75) is 13.8 Å². The zero-order valence-electron chi connectivity index (χ0n) is 16.9. The first kappa shape index (κ1) is 19.5. The van der Waals surface area contributed by atoms with Crippen LogP contribution in [-0.2, 0) is 4.74 Å². The molecule has 148 valence electrons. The molecule has 0 saturated heterocycles. The Morgan fingerprint density at radius 3 is 2.23 bits per heavy atom. The molecular formula is C26H21NO3. The number of carbonyl (C=O) groups is 2. The van der Waals surface area contributed by atoms with E-state index in [0.29, 0.717) is 22.0 Å². The van der Waals surface area contributed by atoms with Crippen LogP contribution in [0.5, 0.6) is 0 Å². The monoisotopic (exact) mass is 395 g/mol. The number of pyridine rings is 1. The summed E-state index contributed by atoms with van der Waals surface area (Å²) in [5.41, 5.74) is 5.12. The lowest BCUT2D eigenvalue weighted by Crippen LogP contribution is -2.16. The predicted molar refractivity (Wildman–Crippen MR) is 118 cm³/mol. The zero-order valence-corrected chi connectivity index (χ0v) is 16.9. The topological polar surface area (TPSA) is 56.3 Å². The molecule has 0 N–H and O–H groups in total. The van der Waals surface area contributed by atoms with Gasteiger partial charge in [-0.2, -0.15) is 0 Å². The quantitative estimate of drug-likeness (QED) is 0.328. The van der Waals surface area contributed by atoms with E-state index in [-0.39, 0.29) is 12.4 Å². The summed E-state index contributed by atoms with van der Waals surface area (Å²) in [6.07, 6.45) is 0. The summed E-state index contributed by atoms with van der Waals surface area (Å²) in [6, 6.07) is 24.4. The summed E-state index contributed by atoms with van der Waals surface area (Å²) in [4.78, 5) is 30.3. The third-order valence-electron chi connectivity index (χ3n) is 5.10. The largest absolute Gasteiger partial charge is 0.454 e. The number of aryl methyl sites for hydroxylation is 1. The average molecular weight is 395 g/mol. The fraction of sp³-hybridized carbons (Fsp3) is 0.115. The van der Waals surface area contributed by atoms with E-state index in [1.165, 1.54) is 0 Å². The normalized spacial score (nSPS) is 10.7. The van der Waals surface area contributed by atoms with Crippen molar-refractivity contribution in [3.8, 4) is 11.3 Å². The van der Waals surface area contributed by atoms with E-state index < -0.39 is 5.97 Å². The van der Waals surface area contributed by atoms with Crippen molar-refractivity contribution in [1.82, 2.24) is 4.98 Å². The minimum Gasteiger partial charge on any atom is -0.454 e. The van der Waals surface area contributed by atoms with Crippen LogP contribution in [0.25, 0.3) is 22.2 Å². The van der Waals surface area contributed by atoms with E-state index in [4.69, 9.17) is 9.72 Å². The molecule has 4 nitrogen and oxygen atoms in total. The number of carbonyl (C=O) groups excluding carboxylic acids is 2. The van der Waals surface area contributed by atoms with Gasteiger partial charge in [-0.1, -0.05) is 78.4 Å². The summed E-state index contributed by atoms with van der Waals surface area (Å²) in [5, 5.41) is 0.711. The van der Waals surface area contributed by atoms with Gasteiger partial charge in [0.2, 0.25) is 0 Å². The molecule has 4 rings (SSSR count). The molecule has 0 radical (unpaired) electrons. The molecular weight excluding hydrogens is 374 g/mol. The fourth-order valence-corrected chi connectivity index (χ4v) is 3.47. The molecule has 0 spiro atoms. The summed E-state index contributed by atoms with van der Waals surface area (Å²) < 4.78 is 5.44. The Kier molecular flexibility index (Phi) is 5.40.